The molecule has 2 aromatic rings. The third-order valence-corrected chi connectivity index (χ3v) is 5.62. The first-order valence-electron chi connectivity index (χ1n) is 13.6. The molecule has 0 saturated carbocycles. The van der Waals surface area contributed by atoms with Crippen LogP contribution in [0.2, 0.25) is 10.0 Å². The molecule has 2 aliphatic carbocycles. The minimum atomic E-state index is -1.10. The Morgan fingerprint density at radius 3 is 0.981 bits per heavy atom. The van der Waals surface area contributed by atoms with Crippen LogP contribution in [-0.2, 0) is 61.4 Å². The smallest absolute Gasteiger partial charge is 0.665 e. The number of aliphatic carboxylic acids is 2. The number of hydrogen-bond donors (Lipinski definition) is 2. The quantitative estimate of drug-likeness (QED) is 0.163. The Bertz CT molecular complexity index is 1110. The van der Waals surface area contributed by atoms with Crippen molar-refractivity contribution in [1.82, 2.24) is 0 Å². The molecule has 0 heterocycles. The van der Waals surface area contributed by atoms with Crippen LogP contribution in [0, 0.1) is 152 Å². The van der Waals surface area contributed by atoms with E-state index in [1.165, 1.54) is 52.4 Å². The van der Waals surface area contributed by atoms with E-state index in [1.807, 2.05) is 0 Å². The van der Waals surface area contributed by atoms with Crippen LogP contribution in [-0.4, -0.2) is 34.2 Å². The van der Waals surface area contributed by atoms with Crippen LogP contribution in [0.15, 0.2) is 72.8 Å². The predicted octanol–water partition coefficient (Wildman–Crippen LogP) is 11.2. The van der Waals surface area contributed by atoms with Gasteiger partial charge in [0.1, 0.15) is 0 Å². The zero-order valence-electron chi connectivity index (χ0n) is 31.0. The molecule has 0 bridgehead atoms. The molecule has 4 N–H and O–H groups in total. The van der Waals surface area contributed by atoms with Gasteiger partial charge < -0.3 is 51.4 Å². The fraction of sp³-hybridized carbons (Fsp3) is 0.324. The predicted molar refractivity (Wildman–Crippen MR) is 203 cm³/mol. The van der Waals surface area contributed by atoms with Gasteiger partial charge in [-0.25, -0.2) is 5.26 Å². The largest absolute Gasteiger partial charge is 2.00 e. The Balaban J connectivity index is -0.0000000447. The maximum Gasteiger partial charge on any atom is 2.00 e. The number of hydrogen-bond acceptors (Lipinski definition) is 5. The number of benzene rings is 2. The second kappa shape index (κ2) is 60.2. The van der Waals surface area contributed by atoms with Crippen LogP contribution in [0.25, 0.3) is 11.5 Å². The molecule has 9 nitrogen and oxygen atoms in total. The number of carboxylic acids is 2. The number of nitriles is 3. The maximum atomic E-state index is 10.4. The minimum Gasteiger partial charge on any atom is -0.665 e. The molecule has 288 valence electrons. The third-order valence-electron chi connectivity index (χ3n) is 5.12. The van der Waals surface area contributed by atoms with Gasteiger partial charge in [-0.1, -0.05) is 71.8 Å². The van der Waals surface area contributed by atoms with Gasteiger partial charge in [-0.2, -0.15) is 10.5 Å². The van der Waals surface area contributed by atoms with Crippen LogP contribution in [0.1, 0.15) is 63.5 Å². The number of halogens is 2. The number of nitrogens with zero attached hydrogens (tertiary/aromatic N) is 3. The topological polar surface area (TPSA) is 194 Å². The molecule has 0 saturated heterocycles. The van der Waals surface area contributed by atoms with Gasteiger partial charge in [-0.05, 0) is 98.8 Å². The van der Waals surface area contributed by atoms with Crippen molar-refractivity contribution in [3.8, 4) is 18.7 Å². The fourth-order valence-corrected chi connectivity index (χ4v) is 3.32. The summed E-state index contributed by atoms with van der Waals surface area (Å²) in [6, 6.07) is 15.0. The zero-order chi connectivity index (χ0) is 34.2. The maximum absolute atomic E-state index is 10.4. The van der Waals surface area contributed by atoms with Crippen molar-refractivity contribution >= 4 is 35.1 Å². The van der Waals surface area contributed by atoms with Crippen LogP contribution in [0.3, 0.4) is 0 Å². The number of rotatable bonds is 6. The van der Waals surface area contributed by atoms with Gasteiger partial charge in [0.05, 0.1) is 12.1 Å². The molecule has 2 aromatic carbocycles. The average molecular weight is 1360 g/mol. The Morgan fingerprint density at radius 1 is 0.654 bits per heavy atom. The van der Waals surface area contributed by atoms with E-state index in [4.69, 9.17) is 60.7 Å². The van der Waals surface area contributed by atoms with E-state index in [0.717, 1.165) is 11.1 Å². The molecule has 15 heteroatoms. The fourth-order valence-electron chi connectivity index (χ4n) is 3.07. The van der Waals surface area contributed by atoms with Gasteiger partial charge in [0.25, 0.3) is 11.9 Å². The van der Waals surface area contributed by atoms with Crippen molar-refractivity contribution in [2.45, 2.75) is 77.3 Å². The SMILES string of the molecule is C#N.C1=CCCC1.C1=CCCC1.CC#N.CC#N.[Ac].[Ac].[CH3-].[CH3-].[CH3-].[CH3-].[NH-]C(Cc1ccc(Cl)cc1)C(=O)O.[NH-]C(Cc1ccc(Cl)cc1)C(=O)O.[Ru+2].[Ru+2]. The molecular weight excluding hydrogens is 1310 g/mol. The first kappa shape index (κ1) is 80.4. The minimum absolute atomic E-state index is 0. The summed E-state index contributed by atoms with van der Waals surface area (Å²) in [4.78, 5) is 20.7. The number of nitrogens with one attached hydrogen (secondary N) is 2. The molecule has 0 aromatic heterocycles. The number of carbonyl (C=O) groups is 2. The molecule has 2 unspecified atom stereocenters. The van der Waals surface area contributed by atoms with Gasteiger partial charge in [0.2, 0.25) is 0 Å². The summed E-state index contributed by atoms with van der Waals surface area (Å²) < 4.78 is 0. The van der Waals surface area contributed by atoms with Gasteiger partial charge >= 0.3 is 39.0 Å². The van der Waals surface area contributed by atoms with E-state index in [2.05, 4.69) is 30.9 Å². The summed E-state index contributed by atoms with van der Waals surface area (Å²) in [5.74, 6) is -2.20. The van der Waals surface area contributed by atoms with E-state index < -0.39 is 24.0 Å². The summed E-state index contributed by atoms with van der Waals surface area (Å²) in [6.07, 6.45) is 17.4. The van der Waals surface area contributed by atoms with E-state index >= 15 is 0 Å². The van der Waals surface area contributed by atoms with Crippen molar-refractivity contribution in [3.63, 3.8) is 0 Å². The van der Waals surface area contributed by atoms with Crippen LogP contribution in [0.5, 0.6) is 0 Å². The Hall–Kier alpha value is -0.0401. The Kier molecular flexibility index (Phi) is 93.1. The summed E-state index contributed by atoms with van der Waals surface area (Å²) in [7, 11) is 0. The monoisotopic (exact) mass is 1360 g/mol. The zero-order valence-corrected chi connectivity index (χ0v) is 45.5. The second-order valence-electron chi connectivity index (χ2n) is 8.69. The first-order chi connectivity index (χ1) is 21.0. The van der Waals surface area contributed by atoms with E-state index in [1.54, 1.807) is 60.7 Å². The molecule has 0 fully saturated rings. The number of allylic oxidation sites excluding steroid dienone is 4. The molecule has 4 rings (SSSR count). The van der Waals surface area contributed by atoms with Crippen molar-refractivity contribution in [2.24, 2.45) is 0 Å². The van der Waals surface area contributed by atoms with Crippen molar-refractivity contribution < 1.29 is 147 Å². The summed E-state index contributed by atoms with van der Waals surface area (Å²) in [5, 5.41) is 39.3. The molecular formula is C37H53Ac2Cl2N5O4Ru2-2. The van der Waals surface area contributed by atoms with Gasteiger partial charge in [-0.15, -0.1) is 0 Å². The van der Waals surface area contributed by atoms with Crippen molar-refractivity contribution in [3.05, 3.63) is 135 Å². The molecule has 52 heavy (non-hydrogen) atoms. The molecule has 0 aliphatic heterocycles. The van der Waals surface area contributed by atoms with Crippen molar-refractivity contribution in [2.75, 3.05) is 0 Å². The summed E-state index contributed by atoms with van der Waals surface area (Å²) in [6.45, 7) is 6.36. The Morgan fingerprint density at radius 2 is 0.846 bits per heavy atom. The molecule has 0 spiro atoms. The number of carboxylic acid groups (broad SMARTS) is 2. The Labute approximate surface area is 423 Å². The molecule has 0 amide bonds. The first-order valence-corrected chi connectivity index (χ1v) is 14.3. The molecule has 2 atom stereocenters. The van der Waals surface area contributed by atoms with E-state index in [-0.39, 0.29) is 170 Å². The summed E-state index contributed by atoms with van der Waals surface area (Å²) in [5.41, 5.74) is 16.0. The van der Waals surface area contributed by atoms with E-state index in [0.29, 0.717) is 10.0 Å². The summed E-state index contributed by atoms with van der Waals surface area (Å²) >= 11 is 11.3. The average Bonchev–Trinajstić information content (AvgIpc) is 3.78. The van der Waals surface area contributed by atoms with Crippen LogP contribution >= 0.6 is 23.2 Å². The van der Waals surface area contributed by atoms with Gasteiger partial charge in [0.15, 0.2) is 0 Å². The van der Waals surface area contributed by atoms with Gasteiger partial charge in [-0.3, -0.25) is 9.59 Å². The standard InChI is InChI=1S/2C9H9ClNO2.2C5H8.2C2H3N.CHN.4CH3.2Ac.2Ru/c2*10-7-3-1-6(2-4-7)5-8(11)9(12)13;2*1-2-4-5-3-1;2*1-2-3;1-2;;;;;;;;/h2*1-4,8,11H,5H2,(H,12,13);2*1-2H,3-5H2;2*1H3;1H;4*1H3;;;;/q2*-1;;;;;;4*-1;;;2*+2. The third kappa shape index (κ3) is 56.7. The van der Waals surface area contributed by atoms with Crippen molar-refractivity contribution in [1.29, 1.82) is 15.8 Å². The van der Waals surface area contributed by atoms with E-state index in [9.17, 15) is 9.59 Å². The van der Waals surface area contributed by atoms with Crippen LogP contribution in [0.4, 0.5) is 0 Å². The van der Waals surface area contributed by atoms with Gasteiger partial charge in [0, 0.05) is 119 Å². The molecule has 2 radical (unpaired) electrons. The molecule has 2 aliphatic rings. The normalized spacial score (nSPS) is 10.6. The van der Waals surface area contributed by atoms with Crippen LogP contribution < -0.4 is 0 Å². The second-order valence-corrected chi connectivity index (χ2v) is 9.57.